The molecule has 0 aliphatic carbocycles. The van der Waals surface area contributed by atoms with E-state index in [9.17, 15) is 24.6 Å². The third kappa shape index (κ3) is 10.4. The van der Waals surface area contributed by atoms with Crippen LogP contribution < -0.4 is 14.8 Å². The second-order valence-electron chi connectivity index (χ2n) is 10.3. The van der Waals surface area contributed by atoms with Gasteiger partial charge in [-0.05, 0) is 71.6 Å². The molecule has 1 amide bonds. The molecule has 0 heterocycles. The molecule has 0 radical (unpaired) electrons. The summed E-state index contributed by atoms with van der Waals surface area (Å²) < 4.78 is 11.0. The van der Waals surface area contributed by atoms with Crippen molar-refractivity contribution >= 4 is 29.6 Å². The number of carbonyl (C=O) groups excluding carboxylic acids is 1. The van der Waals surface area contributed by atoms with Crippen LogP contribution in [0.5, 0.6) is 11.5 Å². The number of anilines is 1. The number of nitrogens with zero attached hydrogens (tertiary/aromatic N) is 1. The highest BCUT2D eigenvalue weighted by atomic mass is 16.5. The molecule has 0 saturated carbocycles. The number of nitrogens with one attached hydrogen (secondary N) is 1. The Morgan fingerprint density at radius 1 is 0.822 bits per heavy atom. The van der Waals surface area contributed by atoms with E-state index >= 15 is 0 Å². The fourth-order valence-corrected chi connectivity index (χ4v) is 4.64. The third-order valence-corrected chi connectivity index (χ3v) is 7.09. The predicted octanol–water partition coefficient (Wildman–Crippen LogP) is 6.36. The van der Waals surface area contributed by atoms with Crippen LogP contribution in [0, 0.1) is 0 Å². The molecule has 0 fully saturated rings. The molecular formula is C36H36N2O7. The van der Waals surface area contributed by atoms with Crippen LogP contribution in [0.3, 0.4) is 0 Å². The molecule has 4 aromatic carbocycles. The Labute approximate surface area is 262 Å². The monoisotopic (exact) mass is 608 g/mol. The standard InChI is InChI=1S/C36H36N2O7/c1-44-31-19-13-29(14-20-31)35(41)37-30-15-9-26(10-16-30)8-5-23-38(33(36(42)43)21-22-34(39)40)24-27-11-17-32(18-12-27)45-25-28-6-3-2-4-7-28/h2-20,33H,21-25H2,1H3,(H,37,41)(H,39,40)(H,42,43)/b8-5+/t33-/m0/s1. The van der Waals surface area contributed by atoms with Gasteiger partial charge in [-0.3, -0.25) is 19.3 Å². The molecule has 0 spiro atoms. The Morgan fingerprint density at radius 3 is 2.11 bits per heavy atom. The maximum atomic E-state index is 12.6. The third-order valence-electron chi connectivity index (χ3n) is 7.09. The van der Waals surface area contributed by atoms with E-state index in [0.717, 1.165) is 16.7 Å². The lowest BCUT2D eigenvalue weighted by atomic mass is 10.1. The van der Waals surface area contributed by atoms with Crippen LogP contribution in [0.1, 0.15) is 39.9 Å². The number of carboxylic acid groups (broad SMARTS) is 2. The van der Waals surface area contributed by atoms with Gasteiger partial charge in [-0.25, -0.2) is 0 Å². The van der Waals surface area contributed by atoms with Gasteiger partial charge in [0.25, 0.3) is 5.91 Å². The fraction of sp³-hybridized carbons (Fsp3) is 0.194. The molecule has 0 saturated heterocycles. The molecule has 1 atom stereocenters. The maximum absolute atomic E-state index is 12.6. The van der Waals surface area contributed by atoms with E-state index in [1.54, 1.807) is 48.4 Å². The summed E-state index contributed by atoms with van der Waals surface area (Å²) in [6.45, 7) is 1.01. The van der Waals surface area contributed by atoms with Crippen molar-refractivity contribution < 1.29 is 34.1 Å². The summed E-state index contributed by atoms with van der Waals surface area (Å²) in [5.41, 5.74) is 3.91. The van der Waals surface area contributed by atoms with Crippen LogP contribution in [0.2, 0.25) is 0 Å². The summed E-state index contributed by atoms with van der Waals surface area (Å²) in [5, 5.41) is 22.0. The van der Waals surface area contributed by atoms with E-state index in [-0.39, 0.29) is 25.3 Å². The van der Waals surface area contributed by atoms with Gasteiger partial charge in [-0.15, -0.1) is 0 Å². The summed E-state index contributed by atoms with van der Waals surface area (Å²) in [7, 11) is 1.56. The number of carbonyl (C=O) groups is 3. The van der Waals surface area contributed by atoms with Crippen molar-refractivity contribution in [3.63, 3.8) is 0 Å². The van der Waals surface area contributed by atoms with E-state index in [2.05, 4.69) is 5.32 Å². The number of hydrogen-bond donors (Lipinski definition) is 3. The molecule has 9 heteroatoms. The van der Waals surface area contributed by atoms with Crippen molar-refractivity contribution in [1.29, 1.82) is 0 Å². The number of aliphatic carboxylic acids is 2. The molecule has 232 valence electrons. The minimum absolute atomic E-state index is 0.0284. The molecule has 0 aromatic heterocycles. The Kier molecular flexibility index (Phi) is 11.9. The quantitative estimate of drug-likeness (QED) is 0.134. The van der Waals surface area contributed by atoms with Gasteiger partial charge >= 0.3 is 11.9 Å². The van der Waals surface area contributed by atoms with Gasteiger partial charge in [-0.2, -0.15) is 0 Å². The van der Waals surface area contributed by atoms with Crippen LogP contribution in [0.15, 0.2) is 109 Å². The predicted molar refractivity (Wildman–Crippen MR) is 172 cm³/mol. The van der Waals surface area contributed by atoms with Gasteiger partial charge in [0.15, 0.2) is 0 Å². The average molecular weight is 609 g/mol. The van der Waals surface area contributed by atoms with Crippen LogP contribution in [0.25, 0.3) is 6.08 Å². The molecule has 9 nitrogen and oxygen atoms in total. The van der Waals surface area contributed by atoms with E-state index < -0.39 is 18.0 Å². The molecule has 0 bridgehead atoms. The molecule has 3 N–H and O–H groups in total. The summed E-state index contributed by atoms with van der Waals surface area (Å²) in [5.74, 6) is -1.01. The molecule has 4 rings (SSSR count). The summed E-state index contributed by atoms with van der Waals surface area (Å²) in [4.78, 5) is 37.7. The SMILES string of the molecule is COc1ccc(C(=O)Nc2ccc(/C=C/CN(Cc3ccc(OCc4ccccc4)cc3)[C@@H](CCC(=O)O)C(=O)O)cc2)cc1. The second-order valence-corrected chi connectivity index (χ2v) is 10.3. The zero-order valence-electron chi connectivity index (χ0n) is 25.0. The number of ether oxygens (including phenoxy) is 2. The van der Waals surface area contributed by atoms with Gasteiger partial charge < -0.3 is 25.0 Å². The van der Waals surface area contributed by atoms with E-state index in [0.29, 0.717) is 35.9 Å². The number of hydrogen-bond acceptors (Lipinski definition) is 6. The topological polar surface area (TPSA) is 125 Å². The average Bonchev–Trinajstić information content (AvgIpc) is 3.05. The lowest BCUT2D eigenvalue weighted by Crippen LogP contribution is -2.41. The van der Waals surface area contributed by atoms with Crippen molar-refractivity contribution in [2.24, 2.45) is 0 Å². The Hall–Kier alpha value is -5.41. The molecule has 45 heavy (non-hydrogen) atoms. The first-order chi connectivity index (χ1) is 21.8. The molecule has 0 aliphatic heterocycles. The summed E-state index contributed by atoms with van der Waals surface area (Å²) >= 11 is 0. The van der Waals surface area contributed by atoms with Crippen LogP contribution in [-0.2, 0) is 22.7 Å². The number of carboxylic acids is 2. The molecule has 0 aliphatic rings. The van der Waals surface area contributed by atoms with E-state index in [1.165, 1.54) is 0 Å². The molecule has 4 aromatic rings. The highest BCUT2D eigenvalue weighted by molar-refractivity contribution is 6.04. The molecular weight excluding hydrogens is 572 g/mol. The minimum Gasteiger partial charge on any atom is -0.497 e. The lowest BCUT2D eigenvalue weighted by molar-refractivity contribution is -0.144. The largest absolute Gasteiger partial charge is 0.497 e. The highest BCUT2D eigenvalue weighted by Crippen LogP contribution is 2.19. The van der Waals surface area contributed by atoms with Gasteiger partial charge in [0.05, 0.1) is 7.11 Å². The van der Waals surface area contributed by atoms with Crippen molar-refractivity contribution in [3.05, 3.63) is 131 Å². The van der Waals surface area contributed by atoms with Crippen molar-refractivity contribution in [3.8, 4) is 11.5 Å². The smallest absolute Gasteiger partial charge is 0.320 e. The zero-order valence-corrected chi connectivity index (χ0v) is 25.0. The second kappa shape index (κ2) is 16.4. The van der Waals surface area contributed by atoms with Crippen LogP contribution in [0.4, 0.5) is 5.69 Å². The first kappa shape index (κ1) is 32.5. The van der Waals surface area contributed by atoms with Gasteiger partial charge in [0.1, 0.15) is 24.1 Å². The van der Waals surface area contributed by atoms with Crippen LogP contribution in [-0.4, -0.2) is 52.7 Å². The van der Waals surface area contributed by atoms with E-state index in [1.807, 2.05) is 78.9 Å². The zero-order chi connectivity index (χ0) is 32.0. The van der Waals surface area contributed by atoms with Gasteiger partial charge in [-0.1, -0.05) is 66.7 Å². The summed E-state index contributed by atoms with van der Waals surface area (Å²) in [6.07, 6.45) is 3.42. The first-order valence-electron chi connectivity index (χ1n) is 14.5. The minimum atomic E-state index is -1.08. The number of amides is 1. The Morgan fingerprint density at radius 2 is 1.49 bits per heavy atom. The highest BCUT2D eigenvalue weighted by Gasteiger charge is 2.25. The van der Waals surface area contributed by atoms with Gasteiger partial charge in [0.2, 0.25) is 0 Å². The summed E-state index contributed by atoms with van der Waals surface area (Å²) in [6, 6.07) is 30.4. The van der Waals surface area contributed by atoms with Crippen molar-refractivity contribution in [2.75, 3.05) is 19.0 Å². The maximum Gasteiger partial charge on any atom is 0.320 e. The number of benzene rings is 4. The fourth-order valence-electron chi connectivity index (χ4n) is 4.64. The first-order valence-corrected chi connectivity index (χ1v) is 14.5. The van der Waals surface area contributed by atoms with Gasteiger partial charge in [0, 0.05) is 30.8 Å². The Bertz CT molecular complexity index is 1570. The number of rotatable bonds is 16. The number of methoxy groups -OCH3 is 1. The molecule has 0 unspecified atom stereocenters. The van der Waals surface area contributed by atoms with Crippen molar-refractivity contribution in [2.45, 2.75) is 32.0 Å². The van der Waals surface area contributed by atoms with E-state index in [4.69, 9.17) is 9.47 Å². The lowest BCUT2D eigenvalue weighted by Gasteiger charge is -2.27. The Balaban J connectivity index is 1.39. The normalized spacial score (nSPS) is 11.7. The van der Waals surface area contributed by atoms with Crippen LogP contribution >= 0.6 is 0 Å². The van der Waals surface area contributed by atoms with Crippen molar-refractivity contribution in [1.82, 2.24) is 4.90 Å².